The molecule has 2 rings (SSSR count). The van der Waals surface area contributed by atoms with Crippen molar-refractivity contribution in [2.24, 2.45) is 7.05 Å². The highest BCUT2D eigenvalue weighted by molar-refractivity contribution is 6.33. The molecule has 0 aliphatic rings. The van der Waals surface area contributed by atoms with Crippen molar-refractivity contribution < 1.29 is 0 Å². The molecule has 1 N–H and O–H groups in total. The summed E-state index contributed by atoms with van der Waals surface area (Å²) in [6.45, 7) is 2.51. The normalized spacial score (nSPS) is 10.4. The lowest BCUT2D eigenvalue weighted by molar-refractivity contribution is 0.628. The maximum Gasteiger partial charge on any atom is 0.193 e. The minimum absolute atomic E-state index is 0.512. The Bertz CT molecular complexity index is 473. The molecular formula is C10H12ClN5. The van der Waals surface area contributed by atoms with E-state index in [0.717, 1.165) is 11.3 Å². The fraction of sp³-hybridized carbons (Fsp3) is 0.300. The molecule has 6 heteroatoms. The molecule has 0 bridgehead atoms. The fourth-order valence-electron chi connectivity index (χ4n) is 1.42. The molecule has 0 saturated heterocycles. The van der Waals surface area contributed by atoms with E-state index in [-0.39, 0.29) is 0 Å². The summed E-state index contributed by atoms with van der Waals surface area (Å²) in [4.78, 5) is 1.43. The van der Waals surface area contributed by atoms with E-state index in [1.54, 1.807) is 7.05 Å². The van der Waals surface area contributed by atoms with Crippen molar-refractivity contribution in [3.63, 3.8) is 0 Å². The molecule has 0 atom stereocenters. The zero-order valence-corrected chi connectivity index (χ0v) is 9.86. The summed E-state index contributed by atoms with van der Waals surface area (Å²) >= 11 is 6.08. The van der Waals surface area contributed by atoms with Crippen molar-refractivity contribution in [3.05, 3.63) is 34.6 Å². The molecule has 16 heavy (non-hydrogen) atoms. The van der Waals surface area contributed by atoms with Crippen LogP contribution in [0.15, 0.2) is 18.2 Å². The van der Waals surface area contributed by atoms with Gasteiger partial charge in [0.05, 0.1) is 24.3 Å². The first-order chi connectivity index (χ1) is 7.66. The lowest BCUT2D eigenvalue weighted by atomic mass is 10.2. The molecule has 0 amide bonds. The first-order valence-electron chi connectivity index (χ1n) is 4.88. The number of nitrogens with one attached hydrogen (secondary N) is 1. The van der Waals surface area contributed by atoms with Crippen molar-refractivity contribution in [3.8, 4) is 0 Å². The second kappa shape index (κ2) is 4.49. The SMILES string of the molecule is Cc1cccc(Cl)c1NCc1nnn(C)n1. The van der Waals surface area contributed by atoms with E-state index < -0.39 is 0 Å². The summed E-state index contributed by atoms with van der Waals surface area (Å²) in [7, 11) is 1.73. The quantitative estimate of drug-likeness (QED) is 0.884. The van der Waals surface area contributed by atoms with Gasteiger partial charge in [-0.05, 0) is 23.8 Å². The smallest absolute Gasteiger partial charge is 0.193 e. The first kappa shape index (κ1) is 10.9. The van der Waals surface area contributed by atoms with Gasteiger partial charge in [0, 0.05) is 0 Å². The third-order valence-corrected chi connectivity index (χ3v) is 2.51. The van der Waals surface area contributed by atoms with E-state index in [9.17, 15) is 0 Å². The number of benzene rings is 1. The Morgan fingerprint density at radius 1 is 1.44 bits per heavy atom. The van der Waals surface area contributed by atoms with E-state index in [4.69, 9.17) is 11.6 Å². The highest BCUT2D eigenvalue weighted by Crippen LogP contribution is 2.25. The Labute approximate surface area is 98.4 Å². The summed E-state index contributed by atoms with van der Waals surface area (Å²) in [5.41, 5.74) is 2.01. The number of aromatic nitrogens is 4. The Hall–Kier alpha value is -1.62. The van der Waals surface area contributed by atoms with Crippen molar-refractivity contribution in [1.82, 2.24) is 20.2 Å². The number of aryl methyl sites for hydroxylation is 2. The molecule has 2 aromatic rings. The van der Waals surface area contributed by atoms with Crippen LogP contribution in [0.2, 0.25) is 5.02 Å². The van der Waals surface area contributed by atoms with Crippen LogP contribution in [0.1, 0.15) is 11.4 Å². The Morgan fingerprint density at radius 2 is 2.25 bits per heavy atom. The van der Waals surface area contributed by atoms with Crippen molar-refractivity contribution >= 4 is 17.3 Å². The van der Waals surface area contributed by atoms with Gasteiger partial charge in [-0.1, -0.05) is 23.7 Å². The third-order valence-electron chi connectivity index (χ3n) is 2.19. The van der Waals surface area contributed by atoms with Crippen LogP contribution in [0.4, 0.5) is 5.69 Å². The molecule has 0 unspecified atom stereocenters. The van der Waals surface area contributed by atoms with Crippen LogP contribution in [0.3, 0.4) is 0 Å². The van der Waals surface area contributed by atoms with Crippen LogP contribution in [0.25, 0.3) is 0 Å². The number of anilines is 1. The Balaban J connectivity index is 2.10. The van der Waals surface area contributed by atoms with E-state index in [0.29, 0.717) is 17.4 Å². The molecule has 1 heterocycles. The van der Waals surface area contributed by atoms with Gasteiger partial charge in [0.15, 0.2) is 5.82 Å². The highest BCUT2D eigenvalue weighted by Gasteiger charge is 2.05. The summed E-state index contributed by atoms with van der Waals surface area (Å²) in [6, 6.07) is 5.77. The molecule has 0 saturated carbocycles. The van der Waals surface area contributed by atoms with Crippen molar-refractivity contribution in [2.45, 2.75) is 13.5 Å². The van der Waals surface area contributed by atoms with Crippen molar-refractivity contribution in [2.75, 3.05) is 5.32 Å². The van der Waals surface area contributed by atoms with Crippen LogP contribution in [0.5, 0.6) is 0 Å². The predicted octanol–water partition coefficient (Wildman–Crippen LogP) is 1.78. The molecule has 84 valence electrons. The average Bonchev–Trinajstić information content (AvgIpc) is 2.63. The minimum Gasteiger partial charge on any atom is -0.376 e. The van der Waals surface area contributed by atoms with Gasteiger partial charge in [-0.15, -0.1) is 10.2 Å². The standard InChI is InChI=1S/C10H12ClN5/c1-7-4-3-5-8(11)10(7)12-6-9-13-15-16(2)14-9/h3-5,12H,6H2,1-2H3. The van der Waals surface area contributed by atoms with E-state index >= 15 is 0 Å². The van der Waals surface area contributed by atoms with Crippen LogP contribution < -0.4 is 5.32 Å². The first-order valence-corrected chi connectivity index (χ1v) is 5.26. The Morgan fingerprint density at radius 3 is 2.88 bits per heavy atom. The van der Waals surface area contributed by atoms with E-state index in [1.165, 1.54) is 4.80 Å². The molecule has 0 aliphatic heterocycles. The topological polar surface area (TPSA) is 55.6 Å². The average molecular weight is 238 g/mol. The molecule has 0 aliphatic carbocycles. The van der Waals surface area contributed by atoms with Gasteiger partial charge in [0.25, 0.3) is 0 Å². The molecule has 0 radical (unpaired) electrons. The van der Waals surface area contributed by atoms with Crippen LogP contribution in [0, 0.1) is 6.92 Å². The lowest BCUT2D eigenvalue weighted by Crippen LogP contribution is -2.04. The van der Waals surface area contributed by atoms with E-state index in [1.807, 2.05) is 25.1 Å². The van der Waals surface area contributed by atoms with Crippen LogP contribution in [-0.2, 0) is 13.6 Å². The lowest BCUT2D eigenvalue weighted by Gasteiger charge is -2.09. The summed E-state index contributed by atoms with van der Waals surface area (Å²) in [6.07, 6.45) is 0. The molecule has 5 nitrogen and oxygen atoms in total. The summed E-state index contributed by atoms with van der Waals surface area (Å²) in [5.74, 6) is 0.641. The zero-order valence-electron chi connectivity index (χ0n) is 9.11. The number of nitrogens with zero attached hydrogens (tertiary/aromatic N) is 4. The van der Waals surface area contributed by atoms with Gasteiger partial charge in [-0.2, -0.15) is 4.80 Å². The maximum atomic E-state index is 6.08. The Kier molecular flexibility index (Phi) is 3.05. The number of rotatable bonds is 3. The minimum atomic E-state index is 0.512. The van der Waals surface area contributed by atoms with Crippen LogP contribution >= 0.6 is 11.6 Å². The number of hydrogen-bond acceptors (Lipinski definition) is 4. The molecule has 1 aromatic heterocycles. The fourth-order valence-corrected chi connectivity index (χ4v) is 1.71. The molecule has 1 aromatic carbocycles. The molecule has 0 spiro atoms. The van der Waals surface area contributed by atoms with Crippen LogP contribution in [-0.4, -0.2) is 20.2 Å². The second-order valence-corrected chi connectivity index (χ2v) is 3.89. The monoisotopic (exact) mass is 237 g/mol. The van der Waals surface area contributed by atoms with Gasteiger partial charge in [-0.25, -0.2) is 0 Å². The zero-order chi connectivity index (χ0) is 11.5. The largest absolute Gasteiger partial charge is 0.376 e. The van der Waals surface area contributed by atoms with Gasteiger partial charge in [0.1, 0.15) is 0 Å². The van der Waals surface area contributed by atoms with Gasteiger partial charge < -0.3 is 5.32 Å². The maximum absolute atomic E-state index is 6.08. The number of hydrogen-bond donors (Lipinski definition) is 1. The predicted molar refractivity (Wildman–Crippen MR) is 62.3 cm³/mol. The number of para-hydroxylation sites is 1. The van der Waals surface area contributed by atoms with Gasteiger partial charge in [-0.3, -0.25) is 0 Å². The highest BCUT2D eigenvalue weighted by atomic mass is 35.5. The summed E-state index contributed by atoms with van der Waals surface area (Å²) in [5, 5.41) is 15.6. The third kappa shape index (κ3) is 2.30. The van der Waals surface area contributed by atoms with E-state index in [2.05, 4.69) is 20.7 Å². The number of halogens is 1. The van der Waals surface area contributed by atoms with Gasteiger partial charge in [0.2, 0.25) is 0 Å². The van der Waals surface area contributed by atoms with Crippen molar-refractivity contribution in [1.29, 1.82) is 0 Å². The van der Waals surface area contributed by atoms with Gasteiger partial charge >= 0.3 is 0 Å². The summed E-state index contributed by atoms with van der Waals surface area (Å²) < 4.78 is 0. The number of tetrazole rings is 1. The molecule has 0 fully saturated rings. The molecular weight excluding hydrogens is 226 g/mol. The second-order valence-electron chi connectivity index (χ2n) is 3.48.